The first-order valence-electron chi connectivity index (χ1n) is 13.5. The molecule has 9 atom stereocenters. The lowest BCUT2D eigenvalue weighted by Crippen LogP contribution is -2.64. The molecule has 0 saturated heterocycles. The molecule has 0 radical (unpaired) electrons. The largest absolute Gasteiger partial charge is 0.454 e. The number of ether oxygens (including phenoxy) is 2. The Hall–Kier alpha value is -2.77. The first-order valence-corrected chi connectivity index (χ1v) is 13.5. The Labute approximate surface area is 223 Å². The highest BCUT2D eigenvalue weighted by Crippen LogP contribution is 2.77. The molecule has 0 unspecified atom stereocenters. The molecule has 0 bridgehead atoms. The lowest BCUT2D eigenvalue weighted by atomic mass is 9.59. The summed E-state index contributed by atoms with van der Waals surface area (Å²) in [6, 6.07) is 8.59. The molecule has 0 spiro atoms. The number of allylic oxidation sites excluding steroid dienone is 1. The van der Waals surface area contributed by atoms with Crippen molar-refractivity contribution in [1.82, 2.24) is 0 Å². The maximum absolute atomic E-state index is 13.4. The number of hydrogen-bond donors (Lipinski definition) is 2. The summed E-state index contributed by atoms with van der Waals surface area (Å²) >= 11 is 0. The van der Waals surface area contributed by atoms with E-state index >= 15 is 0 Å². The predicted octanol–water partition coefficient (Wildman–Crippen LogP) is 3.89. The van der Waals surface area contributed by atoms with Crippen molar-refractivity contribution in [3.8, 4) is 0 Å². The van der Waals surface area contributed by atoms with Gasteiger partial charge < -0.3 is 19.7 Å². The summed E-state index contributed by atoms with van der Waals surface area (Å²) < 4.78 is 12.5. The molecule has 0 heterocycles. The summed E-state index contributed by atoms with van der Waals surface area (Å²) in [4.78, 5) is 39.7. The van der Waals surface area contributed by atoms with E-state index in [2.05, 4.69) is 0 Å². The Bertz CT molecular complexity index is 1240. The average molecular weight is 523 g/mol. The normalized spacial score (nSPS) is 40.7. The predicted molar refractivity (Wildman–Crippen MR) is 140 cm³/mol. The highest BCUT2D eigenvalue weighted by molar-refractivity contribution is 6.00. The summed E-state index contributed by atoms with van der Waals surface area (Å²) in [7, 11) is 0. The number of benzene rings is 1. The minimum Gasteiger partial charge on any atom is -0.454 e. The average Bonchev–Trinajstić information content (AvgIpc) is 3.22. The van der Waals surface area contributed by atoms with Gasteiger partial charge in [0.05, 0.1) is 29.1 Å². The van der Waals surface area contributed by atoms with Gasteiger partial charge in [-0.25, -0.2) is 4.79 Å². The van der Waals surface area contributed by atoms with Crippen LogP contribution >= 0.6 is 0 Å². The zero-order valence-electron chi connectivity index (χ0n) is 23.1. The van der Waals surface area contributed by atoms with E-state index in [1.54, 1.807) is 71.0 Å². The standard InChI is InChI=1S/C31H38O7/c1-15(2)27(34)38-31-25(29(31,6)7)21-14-17(4)24(33)22-20(13-16(3)23(22)32)30(21,36)18(5)26(31)37-28(35)19-11-9-8-10-12-19/h8-15,18,20-22,24-26,33,36H,1-7H3/t18-,20-,21+,22+,24-,25-,26-,30+,31-/m1/s1. The minimum absolute atomic E-state index is 0.188. The van der Waals surface area contributed by atoms with Crippen LogP contribution in [0.3, 0.4) is 0 Å². The summed E-state index contributed by atoms with van der Waals surface area (Å²) in [6.45, 7) is 12.7. The van der Waals surface area contributed by atoms with Gasteiger partial charge in [-0.05, 0) is 37.1 Å². The third kappa shape index (κ3) is 3.37. The zero-order valence-corrected chi connectivity index (χ0v) is 23.1. The lowest BCUT2D eigenvalue weighted by Gasteiger charge is -2.52. The lowest BCUT2D eigenvalue weighted by molar-refractivity contribution is -0.211. The summed E-state index contributed by atoms with van der Waals surface area (Å²) in [5.41, 5.74) is -1.92. The molecular formula is C31H38O7. The van der Waals surface area contributed by atoms with Crippen molar-refractivity contribution in [1.29, 1.82) is 0 Å². The zero-order chi connectivity index (χ0) is 27.9. The van der Waals surface area contributed by atoms with Gasteiger partial charge in [-0.1, -0.05) is 65.0 Å². The van der Waals surface area contributed by atoms with E-state index in [-0.39, 0.29) is 5.78 Å². The molecule has 2 N–H and O–H groups in total. The van der Waals surface area contributed by atoms with Gasteiger partial charge >= 0.3 is 11.9 Å². The van der Waals surface area contributed by atoms with Gasteiger partial charge in [0.15, 0.2) is 11.4 Å². The number of fused-ring (bicyclic) bond motifs is 5. The van der Waals surface area contributed by atoms with E-state index in [1.165, 1.54) is 0 Å². The van der Waals surface area contributed by atoms with Crippen molar-refractivity contribution in [2.45, 2.75) is 71.9 Å². The van der Waals surface area contributed by atoms with E-state index in [0.29, 0.717) is 16.7 Å². The molecule has 2 saturated carbocycles. The van der Waals surface area contributed by atoms with Crippen molar-refractivity contribution in [3.05, 3.63) is 59.2 Å². The van der Waals surface area contributed by atoms with Crippen LogP contribution in [-0.4, -0.2) is 51.3 Å². The molecule has 0 aliphatic heterocycles. The van der Waals surface area contributed by atoms with E-state index in [1.807, 2.05) is 19.9 Å². The Morgan fingerprint density at radius 1 is 1.03 bits per heavy atom. The fourth-order valence-corrected chi connectivity index (χ4v) is 7.79. The summed E-state index contributed by atoms with van der Waals surface area (Å²) in [5, 5.41) is 24.0. The fourth-order valence-electron chi connectivity index (χ4n) is 7.79. The third-order valence-corrected chi connectivity index (χ3v) is 9.94. The van der Waals surface area contributed by atoms with E-state index in [0.717, 1.165) is 0 Å². The highest BCUT2D eigenvalue weighted by atomic mass is 16.6. The molecule has 0 aromatic heterocycles. The Morgan fingerprint density at radius 3 is 2.26 bits per heavy atom. The van der Waals surface area contributed by atoms with Gasteiger partial charge in [-0.2, -0.15) is 0 Å². The van der Waals surface area contributed by atoms with Crippen molar-refractivity contribution in [3.63, 3.8) is 0 Å². The van der Waals surface area contributed by atoms with E-state index in [4.69, 9.17) is 9.47 Å². The van der Waals surface area contributed by atoms with Crippen LogP contribution in [0.1, 0.15) is 58.8 Å². The first-order chi connectivity index (χ1) is 17.7. The maximum atomic E-state index is 13.4. The summed E-state index contributed by atoms with van der Waals surface area (Å²) in [5.74, 6) is -4.76. The van der Waals surface area contributed by atoms with Crippen LogP contribution in [0.5, 0.6) is 0 Å². The molecule has 5 rings (SSSR count). The van der Waals surface area contributed by atoms with Crippen molar-refractivity contribution >= 4 is 17.7 Å². The molecular weight excluding hydrogens is 484 g/mol. The Morgan fingerprint density at radius 2 is 1.66 bits per heavy atom. The number of esters is 2. The molecule has 38 heavy (non-hydrogen) atoms. The molecule has 7 nitrogen and oxygen atoms in total. The number of aliphatic hydroxyl groups excluding tert-OH is 1. The van der Waals surface area contributed by atoms with Crippen LogP contribution in [0.2, 0.25) is 0 Å². The molecule has 1 aromatic carbocycles. The molecule has 4 aliphatic rings. The second-order valence-corrected chi connectivity index (χ2v) is 12.6. The van der Waals surface area contributed by atoms with Gasteiger partial charge in [0, 0.05) is 29.1 Å². The van der Waals surface area contributed by atoms with Crippen molar-refractivity contribution < 1.29 is 34.1 Å². The van der Waals surface area contributed by atoms with Crippen LogP contribution in [0.25, 0.3) is 0 Å². The van der Waals surface area contributed by atoms with Crippen LogP contribution in [-0.2, 0) is 19.1 Å². The SMILES string of the molecule is CC1=C[C@@H]2[C@@H](C1=O)[C@H](O)C(C)=C[C@H]1[C@@H]3C(C)(C)[C@]3(OC(=O)C(C)C)[C@H](OC(=O)c3ccccc3)[C@@H](C)[C@]21O. The van der Waals surface area contributed by atoms with Crippen LogP contribution < -0.4 is 0 Å². The van der Waals surface area contributed by atoms with E-state index < -0.39 is 76.3 Å². The molecule has 7 heteroatoms. The molecule has 1 aromatic rings. The van der Waals surface area contributed by atoms with Gasteiger partial charge in [0.2, 0.25) is 0 Å². The number of ketones is 1. The second-order valence-electron chi connectivity index (χ2n) is 12.6. The Kier molecular flexibility index (Phi) is 6.08. The fraction of sp³-hybridized carbons (Fsp3) is 0.581. The Balaban J connectivity index is 1.69. The topological polar surface area (TPSA) is 110 Å². The van der Waals surface area contributed by atoms with Gasteiger partial charge in [0.1, 0.15) is 6.10 Å². The van der Waals surface area contributed by atoms with Crippen molar-refractivity contribution in [2.75, 3.05) is 0 Å². The smallest absolute Gasteiger partial charge is 0.338 e. The van der Waals surface area contributed by atoms with E-state index in [9.17, 15) is 24.6 Å². The van der Waals surface area contributed by atoms with Crippen LogP contribution in [0.15, 0.2) is 53.6 Å². The first kappa shape index (κ1) is 26.8. The number of rotatable bonds is 4. The number of carbonyl (C=O) groups is 3. The monoisotopic (exact) mass is 522 g/mol. The van der Waals surface area contributed by atoms with Crippen LogP contribution in [0, 0.1) is 40.9 Å². The minimum atomic E-state index is -1.54. The highest BCUT2D eigenvalue weighted by Gasteiger charge is 2.87. The van der Waals surface area contributed by atoms with Gasteiger partial charge in [-0.15, -0.1) is 0 Å². The number of Topliss-reactive ketones (excluding diaryl/α,β-unsaturated/α-hetero) is 1. The van der Waals surface area contributed by atoms with Crippen molar-refractivity contribution in [2.24, 2.45) is 40.9 Å². The van der Waals surface area contributed by atoms with Gasteiger partial charge in [-0.3, -0.25) is 9.59 Å². The second kappa shape index (κ2) is 8.62. The third-order valence-electron chi connectivity index (χ3n) is 9.94. The summed E-state index contributed by atoms with van der Waals surface area (Å²) in [6.07, 6.45) is 1.60. The number of aliphatic hydroxyl groups is 2. The number of hydrogen-bond acceptors (Lipinski definition) is 7. The molecule has 204 valence electrons. The van der Waals surface area contributed by atoms with Gasteiger partial charge in [0.25, 0.3) is 0 Å². The maximum Gasteiger partial charge on any atom is 0.338 e. The van der Waals surface area contributed by atoms with Crippen LogP contribution in [0.4, 0.5) is 0 Å². The number of carbonyl (C=O) groups excluding carboxylic acids is 3. The quantitative estimate of drug-likeness (QED) is 0.456. The molecule has 4 aliphatic carbocycles. The molecule has 0 amide bonds. The molecule has 2 fully saturated rings.